The molecule has 2 amide bonds. The summed E-state index contributed by atoms with van der Waals surface area (Å²) in [6.45, 7) is 2.65. The van der Waals surface area contributed by atoms with Crippen LogP contribution in [0.25, 0.3) is 0 Å². The van der Waals surface area contributed by atoms with Gasteiger partial charge in [0.15, 0.2) is 0 Å². The van der Waals surface area contributed by atoms with Crippen LogP contribution in [-0.2, 0) is 12.6 Å². The number of nitrogens with zero attached hydrogens (tertiary/aromatic N) is 4. The molecule has 0 saturated carbocycles. The second-order valence-electron chi connectivity index (χ2n) is 6.23. The van der Waals surface area contributed by atoms with Crippen LogP contribution < -0.4 is 10.6 Å². The average Bonchev–Trinajstić information content (AvgIpc) is 3.11. The fourth-order valence-electron chi connectivity index (χ4n) is 2.84. The maximum absolute atomic E-state index is 12.5. The quantitative estimate of drug-likeness (QED) is 0.807. The monoisotopic (exact) mass is 400 g/mol. The van der Waals surface area contributed by atoms with E-state index in [-0.39, 0.29) is 11.2 Å². The summed E-state index contributed by atoms with van der Waals surface area (Å²) in [4.78, 5) is 18.3. The third-order valence-corrected chi connectivity index (χ3v) is 5.16. The van der Waals surface area contributed by atoms with Gasteiger partial charge >= 0.3 is 12.2 Å². The Morgan fingerprint density at radius 1 is 1.22 bits per heavy atom. The highest BCUT2D eigenvalue weighted by molar-refractivity contribution is 7.15. The number of rotatable bonds is 5. The number of carbonyl (C=O) groups is 1. The third kappa shape index (κ3) is 5.86. The lowest BCUT2D eigenvalue weighted by Crippen LogP contribution is -2.46. The first kappa shape index (κ1) is 19.5. The number of amides is 2. The molecule has 2 N–H and O–H groups in total. The molecule has 0 unspecified atom stereocenters. The molecule has 7 nitrogen and oxygen atoms in total. The van der Waals surface area contributed by atoms with Crippen molar-refractivity contribution in [3.63, 3.8) is 0 Å². The third-order valence-electron chi connectivity index (χ3n) is 4.28. The van der Waals surface area contributed by atoms with Gasteiger partial charge in [0.25, 0.3) is 0 Å². The van der Waals surface area contributed by atoms with Crippen LogP contribution in [0.15, 0.2) is 24.5 Å². The van der Waals surface area contributed by atoms with Crippen LogP contribution in [0.5, 0.6) is 0 Å². The smallest absolute Gasteiger partial charge is 0.335 e. The van der Waals surface area contributed by atoms with E-state index in [4.69, 9.17) is 0 Å². The fraction of sp³-hybridized carbons (Fsp3) is 0.500. The van der Waals surface area contributed by atoms with Gasteiger partial charge in [0.1, 0.15) is 0 Å². The zero-order valence-electron chi connectivity index (χ0n) is 14.4. The van der Waals surface area contributed by atoms with Gasteiger partial charge in [0.2, 0.25) is 10.1 Å². The van der Waals surface area contributed by atoms with E-state index in [2.05, 4.69) is 30.7 Å². The molecule has 11 heteroatoms. The van der Waals surface area contributed by atoms with E-state index in [0.29, 0.717) is 11.3 Å². The van der Waals surface area contributed by atoms with Crippen LogP contribution in [0.4, 0.5) is 23.1 Å². The van der Waals surface area contributed by atoms with E-state index >= 15 is 0 Å². The molecule has 3 heterocycles. The van der Waals surface area contributed by atoms with Crippen molar-refractivity contribution < 1.29 is 18.0 Å². The Morgan fingerprint density at radius 3 is 2.56 bits per heavy atom. The lowest BCUT2D eigenvalue weighted by atomic mass is 10.0. The molecule has 2 aromatic heterocycles. The predicted molar refractivity (Wildman–Crippen MR) is 94.5 cm³/mol. The van der Waals surface area contributed by atoms with Crippen molar-refractivity contribution >= 4 is 22.5 Å². The van der Waals surface area contributed by atoms with Crippen molar-refractivity contribution in [1.82, 2.24) is 25.4 Å². The topological polar surface area (TPSA) is 83.0 Å². The molecular formula is C16H19F3N6OS. The molecular weight excluding hydrogens is 381 g/mol. The first-order valence-corrected chi connectivity index (χ1v) is 9.31. The van der Waals surface area contributed by atoms with Gasteiger partial charge in [0.05, 0.1) is 0 Å². The van der Waals surface area contributed by atoms with Crippen LogP contribution in [0.3, 0.4) is 0 Å². The zero-order valence-corrected chi connectivity index (χ0v) is 15.2. The minimum atomic E-state index is -4.56. The minimum Gasteiger partial charge on any atom is -0.335 e. The Labute approximate surface area is 158 Å². The molecule has 0 bridgehead atoms. The SMILES string of the molecule is O=C(Nc1nnc(C(F)(F)F)s1)NC1CCN(CCc2ccncc2)CC1. The van der Waals surface area contributed by atoms with Gasteiger partial charge in [-0.15, -0.1) is 10.2 Å². The molecule has 1 aliphatic rings. The molecule has 1 saturated heterocycles. The van der Waals surface area contributed by atoms with Crippen LogP contribution in [-0.4, -0.2) is 51.8 Å². The maximum Gasteiger partial charge on any atom is 0.445 e. The lowest BCUT2D eigenvalue weighted by Gasteiger charge is -2.32. The number of anilines is 1. The summed E-state index contributed by atoms with van der Waals surface area (Å²) in [5, 5.41) is 10.2. The Kier molecular flexibility index (Phi) is 6.22. The van der Waals surface area contributed by atoms with Crippen LogP contribution in [0.1, 0.15) is 23.4 Å². The highest BCUT2D eigenvalue weighted by Crippen LogP contribution is 2.32. The summed E-state index contributed by atoms with van der Waals surface area (Å²) in [5.74, 6) is 0. The molecule has 0 spiro atoms. The highest BCUT2D eigenvalue weighted by Gasteiger charge is 2.35. The number of hydrogen-bond donors (Lipinski definition) is 2. The second-order valence-corrected chi connectivity index (χ2v) is 7.21. The Bertz CT molecular complexity index is 746. The number of aromatic nitrogens is 3. The van der Waals surface area contributed by atoms with Crippen molar-refractivity contribution in [1.29, 1.82) is 0 Å². The summed E-state index contributed by atoms with van der Waals surface area (Å²) in [6, 6.07) is 3.42. The standard InChI is InChI=1S/C16H19F3N6OS/c17-16(18,19)13-23-24-15(27-13)22-14(26)21-12-4-9-25(10-5-12)8-3-11-1-6-20-7-2-11/h1-2,6-7,12H,3-5,8-10H2,(H2,21,22,24,26). The Balaban J connectivity index is 1.38. The second kappa shape index (κ2) is 8.61. The predicted octanol–water partition coefficient (Wildman–Crippen LogP) is 2.78. The molecule has 3 rings (SSSR count). The first-order chi connectivity index (χ1) is 12.9. The molecule has 0 radical (unpaired) electrons. The van der Waals surface area contributed by atoms with Crippen molar-refractivity contribution in [2.75, 3.05) is 25.0 Å². The number of likely N-dealkylation sites (tertiary alicyclic amines) is 1. The summed E-state index contributed by atoms with van der Waals surface area (Å²) in [7, 11) is 0. The van der Waals surface area contributed by atoms with E-state index < -0.39 is 17.2 Å². The summed E-state index contributed by atoms with van der Waals surface area (Å²) in [5.41, 5.74) is 1.24. The normalized spacial score (nSPS) is 16.3. The summed E-state index contributed by atoms with van der Waals surface area (Å²) < 4.78 is 37.5. The van der Waals surface area contributed by atoms with E-state index in [1.807, 2.05) is 12.1 Å². The number of halogens is 3. The van der Waals surface area contributed by atoms with E-state index in [1.54, 1.807) is 12.4 Å². The van der Waals surface area contributed by atoms with E-state index in [0.717, 1.165) is 38.9 Å². The van der Waals surface area contributed by atoms with Crippen LogP contribution in [0.2, 0.25) is 0 Å². The van der Waals surface area contributed by atoms with Gasteiger partial charge in [-0.3, -0.25) is 10.3 Å². The molecule has 0 aromatic carbocycles. The van der Waals surface area contributed by atoms with Gasteiger partial charge in [-0.05, 0) is 37.0 Å². The average molecular weight is 400 g/mol. The van der Waals surface area contributed by atoms with E-state index in [9.17, 15) is 18.0 Å². The van der Waals surface area contributed by atoms with Crippen molar-refractivity contribution in [3.8, 4) is 0 Å². The lowest BCUT2D eigenvalue weighted by molar-refractivity contribution is -0.138. The number of pyridine rings is 1. The van der Waals surface area contributed by atoms with Gasteiger partial charge in [0, 0.05) is 38.1 Å². The fourth-order valence-corrected chi connectivity index (χ4v) is 3.45. The number of urea groups is 1. The van der Waals surface area contributed by atoms with Gasteiger partial charge < -0.3 is 10.2 Å². The minimum absolute atomic E-state index is 0.0165. The molecule has 0 atom stereocenters. The van der Waals surface area contributed by atoms with Crippen LogP contribution >= 0.6 is 11.3 Å². The highest BCUT2D eigenvalue weighted by atomic mass is 32.1. The first-order valence-electron chi connectivity index (χ1n) is 8.49. The number of hydrogen-bond acceptors (Lipinski definition) is 6. The van der Waals surface area contributed by atoms with Crippen molar-refractivity contribution in [2.45, 2.75) is 31.5 Å². The number of piperidine rings is 1. The molecule has 27 heavy (non-hydrogen) atoms. The molecule has 1 fully saturated rings. The Hall–Kier alpha value is -2.27. The van der Waals surface area contributed by atoms with E-state index in [1.165, 1.54) is 5.56 Å². The number of alkyl halides is 3. The van der Waals surface area contributed by atoms with Gasteiger partial charge in [-0.1, -0.05) is 11.3 Å². The Morgan fingerprint density at radius 2 is 1.93 bits per heavy atom. The molecule has 1 aliphatic heterocycles. The summed E-state index contributed by atoms with van der Waals surface area (Å²) >= 11 is 0.303. The van der Waals surface area contributed by atoms with Crippen LogP contribution in [0, 0.1) is 0 Å². The van der Waals surface area contributed by atoms with Crippen molar-refractivity contribution in [2.24, 2.45) is 0 Å². The zero-order chi connectivity index (χ0) is 19.3. The molecule has 2 aromatic rings. The largest absolute Gasteiger partial charge is 0.445 e. The molecule has 146 valence electrons. The maximum atomic E-state index is 12.5. The summed E-state index contributed by atoms with van der Waals surface area (Å²) in [6.07, 6.45) is 1.51. The van der Waals surface area contributed by atoms with Gasteiger partial charge in [-0.2, -0.15) is 13.2 Å². The number of nitrogens with one attached hydrogen (secondary N) is 2. The van der Waals surface area contributed by atoms with Gasteiger partial charge in [-0.25, -0.2) is 4.79 Å². The molecule has 0 aliphatic carbocycles. The number of carbonyl (C=O) groups excluding carboxylic acids is 1. The van der Waals surface area contributed by atoms with Crippen molar-refractivity contribution in [3.05, 3.63) is 35.1 Å².